The molecule has 3 nitrogen and oxygen atoms in total. The van der Waals surface area contributed by atoms with Gasteiger partial charge in [-0.3, -0.25) is 0 Å². The van der Waals surface area contributed by atoms with Gasteiger partial charge in [-0.05, 0) is 61.7 Å². The lowest BCUT2D eigenvalue weighted by atomic mass is 9.60. The van der Waals surface area contributed by atoms with Gasteiger partial charge < -0.3 is 15.9 Å². The van der Waals surface area contributed by atoms with Crippen molar-refractivity contribution in [2.24, 2.45) is 28.9 Å². The van der Waals surface area contributed by atoms with E-state index in [-0.39, 0.29) is 0 Å². The van der Waals surface area contributed by atoms with Crippen LogP contribution in [0.25, 0.3) is 0 Å². The summed E-state index contributed by atoms with van der Waals surface area (Å²) in [6.45, 7) is 11.0. The first-order valence-electron chi connectivity index (χ1n) is 11.9. The Morgan fingerprint density at radius 2 is 2.03 bits per heavy atom. The highest BCUT2D eigenvalue weighted by molar-refractivity contribution is 5.25. The quantitative estimate of drug-likeness (QED) is 0.229. The molecule has 0 aromatic heterocycles. The molecule has 0 saturated heterocycles. The molecule has 0 aliphatic heterocycles. The molecule has 0 aromatic carbocycles. The van der Waals surface area contributed by atoms with Crippen LogP contribution in [0, 0.1) is 23.2 Å². The van der Waals surface area contributed by atoms with Gasteiger partial charge >= 0.3 is 0 Å². The van der Waals surface area contributed by atoms with Crippen LogP contribution in [-0.2, 0) is 0 Å². The van der Waals surface area contributed by atoms with Crippen molar-refractivity contribution < 1.29 is 10.2 Å². The minimum atomic E-state index is -0.881. The Bertz CT molecular complexity index is 579. The lowest BCUT2D eigenvalue weighted by molar-refractivity contribution is 0.0932. The van der Waals surface area contributed by atoms with Gasteiger partial charge in [-0.2, -0.15) is 0 Å². The normalized spacial score (nSPS) is 32.1. The lowest BCUT2D eigenvalue weighted by Gasteiger charge is -2.44. The Hall–Kier alpha value is -0.900. The average molecular weight is 404 g/mol. The van der Waals surface area contributed by atoms with Gasteiger partial charge in [-0.15, -0.1) is 6.58 Å². The number of nitrogens with two attached hydrogens (primary N) is 1. The third-order valence-electron chi connectivity index (χ3n) is 7.74. The summed E-state index contributed by atoms with van der Waals surface area (Å²) in [4.78, 5) is 0. The van der Waals surface area contributed by atoms with E-state index in [4.69, 9.17) is 5.73 Å². The largest absolute Gasteiger partial charge is 0.389 e. The molecule has 2 aliphatic carbocycles. The number of aliphatic hydroxyl groups excluding tert-OH is 2. The second-order valence-electron chi connectivity index (χ2n) is 9.91. The molecular formula is C26H45NO2. The van der Waals surface area contributed by atoms with Crippen LogP contribution in [-0.4, -0.2) is 22.5 Å². The van der Waals surface area contributed by atoms with Crippen LogP contribution in [0.3, 0.4) is 0 Å². The summed E-state index contributed by atoms with van der Waals surface area (Å²) in [7, 11) is 0. The topological polar surface area (TPSA) is 66.5 Å². The molecule has 2 aliphatic rings. The minimum Gasteiger partial charge on any atom is -0.389 e. The zero-order chi connectivity index (χ0) is 21.4. The number of unbranched alkanes of at least 4 members (excludes halogenated alkanes) is 2. The van der Waals surface area contributed by atoms with Crippen molar-refractivity contribution in [2.45, 2.75) is 104 Å². The van der Waals surface area contributed by atoms with Crippen LogP contribution in [0.5, 0.6) is 0 Å². The summed E-state index contributed by atoms with van der Waals surface area (Å²) < 4.78 is 0. The molecule has 0 aromatic rings. The van der Waals surface area contributed by atoms with E-state index in [0.717, 1.165) is 17.4 Å². The lowest BCUT2D eigenvalue weighted by Crippen LogP contribution is -2.36. The maximum Gasteiger partial charge on any atom is 0.106 e. The molecule has 0 spiro atoms. The molecule has 3 heteroatoms. The van der Waals surface area contributed by atoms with Gasteiger partial charge in [0.05, 0.1) is 6.10 Å². The minimum absolute atomic E-state index is 0.397. The summed E-state index contributed by atoms with van der Waals surface area (Å²) in [5.41, 5.74) is 8.61. The van der Waals surface area contributed by atoms with Gasteiger partial charge in [0.25, 0.3) is 0 Å². The van der Waals surface area contributed by atoms with E-state index >= 15 is 0 Å². The average Bonchev–Trinajstić information content (AvgIpc) is 3.03. The van der Waals surface area contributed by atoms with Gasteiger partial charge in [0.2, 0.25) is 0 Å². The van der Waals surface area contributed by atoms with Crippen molar-refractivity contribution in [3.63, 3.8) is 0 Å². The van der Waals surface area contributed by atoms with E-state index in [1.54, 1.807) is 11.6 Å². The molecule has 0 amide bonds. The first kappa shape index (κ1) is 24.4. The third kappa shape index (κ3) is 6.54. The molecule has 0 heterocycles. The maximum absolute atomic E-state index is 9.95. The molecule has 4 N–H and O–H groups in total. The Kier molecular flexibility index (Phi) is 9.65. The molecule has 6 atom stereocenters. The molecule has 2 saturated carbocycles. The van der Waals surface area contributed by atoms with Crippen molar-refractivity contribution in [3.05, 3.63) is 36.0 Å². The number of aliphatic hydroxyl groups is 2. The summed E-state index contributed by atoms with van der Waals surface area (Å²) in [5.74, 6) is 2.33. The zero-order valence-electron chi connectivity index (χ0n) is 19.1. The summed E-state index contributed by atoms with van der Waals surface area (Å²) in [6.07, 6.45) is 17.2. The molecule has 29 heavy (non-hydrogen) atoms. The Morgan fingerprint density at radius 1 is 1.28 bits per heavy atom. The fourth-order valence-electron chi connectivity index (χ4n) is 6.20. The summed E-state index contributed by atoms with van der Waals surface area (Å²) in [6, 6.07) is 0. The summed E-state index contributed by atoms with van der Waals surface area (Å²) >= 11 is 0. The molecule has 166 valence electrons. The number of fused-ring (bicyclic) bond motifs is 1. The van der Waals surface area contributed by atoms with Crippen molar-refractivity contribution in [3.8, 4) is 0 Å². The van der Waals surface area contributed by atoms with Gasteiger partial charge in [-0.1, -0.05) is 75.8 Å². The first-order valence-corrected chi connectivity index (χ1v) is 11.9. The predicted molar refractivity (Wildman–Crippen MR) is 123 cm³/mol. The van der Waals surface area contributed by atoms with Crippen LogP contribution in [0.1, 0.15) is 91.4 Å². The van der Waals surface area contributed by atoms with E-state index in [2.05, 4.69) is 39.5 Å². The van der Waals surface area contributed by atoms with Gasteiger partial charge in [-0.25, -0.2) is 0 Å². The van der Waals surface area contributed by atoms with Crippen LogP contribution in [0.15, 0.2) is 36.0 Å². The second kappa shape index (κ2) is 11.5. The van der Waals surface area contributed by atoms with E-state index in [0.29, 0.717) is 24.2 Å². The van der Waals surface area contributed by atoms with Crippen LogP contribution in [0.4, 0.5) is 0 Å². The Labute approximate surface area is 179 Å². The van der Waals surface area contributed by atoms with E-state index in [1.807, 2.05) is 0 Å². The van der Waals surface area contributed by atoms with E-state index < -0.39 is 12.3 Å². The van der Waals surface area contributed by atoms with Gasteiger partial charge in [0.15, 0.2) is 0 Å². The molecule has 1 unspecified atom stereocenters. The fourth-order valence-corrected chi connectivity index (χ4v) is 6.20. The highest BCUT2D eigenvalue weighted by Gasteiger charge is 2.50. The molecule has 0 bridgehead atoms. The number of allylic oxidation sites excluding steroid dienone is 3. The monoisotopic (exact) mass is 403 g/mol. The van der Waals surface area contributed by atoms with E-state index in [1.165, 1.54) is 57.8 Å². The smallest absolute Gasteiger partial charge is 0.106 e. The Morgan fingerprint density at radius 3 is 2.69 bits per heavy atom. The maximum atomic E-state index is 9.95. The summed E-state index contributed by atoms with van der Waals surface area (Å²) in [5, 5.41) is 19.6. The van der Waals surface area contributed by atoms with Gasteiger partial charge in [0, 0.05) is 6.42 Å². The molecular weight excluding hydrogens is 358 g/mol. The zero-order valence-corrected chi connectivity index (χ0v) is 19.1. The standard InChI is InChI=1S/C26H45NO2/c1-5-7-8-10-19(3)23-14-15-24-21(11-9-16-26(23,24)4)13-12-20(18-25(27)29)17-22(28)6-2/h6,12-13,19,22-25,28-29H,2,5,7-11,14-18,27H2,1,3-4H3/b20-12+,21-13+/t19-,22+,23?,24+,25-,26-/m1/s1. The fraction of sp³-hybridized carbons (Fsp3) is 0.769. The van der Waals surface area contributed by atoms with E-state index in [9.17, 15) is 10.2 Å². The molecule has 2 rings (SSSR count). The van der Waals surface area contributed by atoms with Gasteiger partial charge in [0.1, 0.15) is 6.23 Å². The predicted octanol–water partition coefficient (Wildman–Crippen LogP) is 5.88. The molecule has 0 radical (unpaired) electrons. The van der Waals surface area contributed by atoms with Crippen molar-refractivity contribution in [2.75, 3.05) is 0 Å². The first-order chi connectivity index (χ1) is 13.8. The highest BCUT2D eigenvalue weighted by atomic mass is 16.3. The SMILES string of the molecule is C=C[C@H](O)C/C(=C\C=C1/CCC[C@]2(C)C([C@H](C)CCCCC)CC[C@@H]12)C[C@H](N)O. The third-order valence-corrected chi connectivity index (χ3v) is 7.74. The number of hydrogen-bond acceptors (Lipinski definition) is 3. The van der Waals surface area contributed by atoms with Crippen LogP contribution in [0.2, 0.25) is 0 Å². The van der Waals surface area contributed by atoms with Crippen LogP contribution < -0.4 is 5.73 Å². The number of rotatable bonds is 11. The number of hydrogen-bond donors (Lipinski definition) is 3. The second-order valence-corrected chi connectivity index (χ2v) is 9.91. The van der Waals surface area contributed by atoms with Crippen LogP contribution >= 0.6 is 0 Å². The highest BCUT2D eigenvalue weighted by Crippen LogP contribution is 2.59. The van der Waals surface area contributed by atoms with Crippen molar-refractivity contribution in [1.82, 2.24) is 0 Å². The Balaban J connectivity index is 2.15. The molecule has 2 fully saturated rings. The van der Waals surface area contributed by atoms with Crippen molar-refractivity contribution in [1.29, 1.82) is 0 Å². The van der Waals surface area contributed by atoms with Crippen molar-refractivity contribution >= 4 is 0 Å².